The van der Waals surface area contributed by atoms with Gasteiger partial charge in [0.25, 0.3) is 0 Å². The third-order valence-electron chi connectivity index (χ3n) is 9.34. The van der Waals surface area contributed by atoms with Gasteiger partial charge in [0.05, 0.1) is 0 Å². The zero-order chi connectivity index (χ0) is 33.0. The molecule has 234 valence electrons. The molecule has 4 nitrogen and oxygen atoms in total. The van der Waals surface area contributed by atoms with E-state index in [-0.39, 0.29) is 0 Å². The highest BCUT2D eigenvalue weighted by Crippen LogP contribution is 2.42. The molecule has 0 fully saturated rings. The summed E-state index contributed by atoms with van der Waals surface area (Å²) in [4.78, 5) is 14.8. The second-order valence-electron chi connectivity index (χ2n) is 12.4. The summed E-state index contributed by atoms with van der Waals surface area (Å²) in [6.07, 6.45) is 0. The first-order valence-corrected chi connectivity index (χ1v) is 17.4. The van der Waals surface area contributed by atoms with Crippen molar-refractivity contribution in [2.24, 2.45) is 0 Å². The van der Waals surface area contributed by atoms with Crippen molar-refractivity contribution in [2.45, 2.75) is 0 Å². The van der Waals surface area contributed by atoms with Crippen LogP contribution < -0.4 is 0 Å². The second-order valence-corrected chi connectivity index (χ2v) is 13.5. The van der Waals surface area contributed by atoms with Crippen LogP contribution >= 0.6 is 11.3 Å². The van der Waals surface area contributed by atoms with Crippen molar-refractivity contribution >= 4 is 53.4 Å². The van der Waals surface area contributed by atoms with Gasteiger partial charge in [0.15, 0.2) is 17.5 Å². The maximum Gasteiger partial charge on any atom is 0.164 e. The molecule has 0 aliphatic heterocycles. The van der Waals surface area contributed by atoms with Crippen LogP contribution in [0, 0.1) is 0 Å². The van der Waals surface area contributed by atoms with Crippen LogP contribution in [0.25, 0.3) is 98.5 Å². The first-order chi connectivity index (χ1) is 24.7. The van der Waals surface area contributed by atoms with Crippen LogP contribution in [0.15, 0.2) is 168 Å². The van der Waals surface area contributed by atoms with E-state index in [1.807, 2.05) is 84.1 Å². The quantitative estimate of drug-likeness (QED) is 0.185. The fourth-order valence-corrected chi connectivity index (χ4v) is 8.15. The van der Waals surface area contributed by atoms with Crippen LogP contribution in [0.4, 0.5) is 0 Å². The van der Waals surface area contributed by atoms with Crippen molar-refractivity contribution in [3.8, 4) is 56.4 Å². The van der Waals surface area contributed by atoms with E-state index in [0.29, 0.717) is 17.5 Å². The normalized spacial score (nSPS) is 11.6. The standard InChI is InChI=1S/C45H27N3OS/c1-3-11-28(12-4-1)43-46-44(29-13-5-2-6-14-29)48-45(47-43)33-16-9-15-30(25-33)31-21-24-37-38-19-10-18-34(42(38)50-41(37)27-31)32-22-23-36-35-17-7-8-20-39(35)49-40(36)26-32/h1-27H. The number of furan rings is 1. The van der Waals surface area contributed by atoms with Crippen LogP contribution in [-0.4, -0.2) is 15.0 Å². The van der Waals surface area contributed by atoms with Gasteiger partial charge in [-0.05, 0) is 52.6 Å². The maximum absolute atomic E-state index is 6.24. The SMILES string of the molecule is c1ccc(-c2nc(-c3ccccc3)nc(-c3cccc(-c4ccc5c(c4)sc4c(-c6ccc7c(c6)oc6ccccc67)cccc45)c3)n2)cc1. The molecule has 0 atom stereocenters. The van der Waals surface area contributed by atoms with Crippen molar-refractivity contribution in [1.29, 1.82) is 0 Å². The van der Waals surface area contributed by atoms with E-state index in [1.165, 1.54) is 25.7 Å². The van der Waals surface area contributed by atoms with Crippen LogP contribution in [0.3, 0.4) is 0 Å². The van der Waals surface area contributed by atoms with E-state index in [1.54, 1.807) is 0 Å². The highest BCUT2D eigenvalue weighted by atomic mass is 32.1. The number of fused-ring (bicyclic) bond motifs is 6. The molecule has 10 aromatic rings. The molecule has 0 radical (unpaired) electrons. The van der Waals surface area contributed by atoms with E-state index >= 15 is 0 Å². The fourth-order valence-electron chi connectivity index (χ4n) is 6.87. The van der Waals surface area contributed by atoms with E-state index in [4.69, 9.17) is 19.4 Å². The van der Waals surface area contributed by atoms with Gasteiger partial charge in [0.1, 0.15) is 11.2 Å². The second kappa shape index (κ2) is 11.6. The lowest BCUT2D eigenvalue weighted by Gasteiger charge is -2.09. The van der Waals surface area contributed by atoms with Crippen LogP contribution in [0.2, 0.25) is 0 Å². The molecule has 5 heteroatoms. The molecular formula is C45H27N3OS. The lowest BCUT2D eigenvalue weighted by molar-refractivity contribution is 0.669. The predicted molar refractivity (Wildman–Crippen MR) is 207 cm³/mol. The van der Waals surface area contributed by atoms with Crippen molar-refractivity contribution < 1.29 is 4.42 Å². The molecule has 50 heavy (non-hydrogen) atoms. The average molecular weight is 658 g/mol. The minimum absolute atomic E-state index is 0.647. The number of para-hydroxylation sites is 1. The summed E-state index contributed by atoms with van der Waals surface area (Å²) in [5, 5.41) is 4.81. The van der Waals surface area contributed by atoms with Gasteiger partial charge in [-0.25, -0.2) is 15.0 Å². The highest BCUT2D eigenvalue weighted by molar-refractivity contribution is 7.26. The lowest BCUT2D eigenvalue weighted by atomic mass is 9.99. The summed E-state index contributed by atoms with van der Waals surface area (Å²) in [6.45, 7) is 0. The Morgan fingerprint density at radius 1 is 0.360 bits per heavy atom. The molecule has 0 bridgehead atoms. The molecule has 7 aromatic carbocycles. The molecule has 0 spiro atoms. The number of hydrogen-bond donors (Lipinski definition) is 0. The van der Waals surface area contributed by atoms with E-state index in [9.17, 15) is 0 Å². The molecule has 0 saturated heterocycles. The predicted octanol–water partition coefficient (Wildman–Crippen LogP) is 12.5. The minimum atomic E-state index is 0.647. The Morgan fingerprint density at radius 3 is 1.70 bits per heavy atom. The molecule has 0 saturated carbocycles. The molecular weight excluding hydrogens is 631 g/mol. The van der Waals surface area contributed by atoms with E-state index in [2.05, 4.69) is 91.0 Å². The zero-order valence-corrected chi connectivity index (χ0v) is 27.6. The molecule has 3 aromatic heterocycles. The average Bonchev–Trinajstić information content (AvgIpc) is 3.76. The van der Waals surface area contributed by atoms with Gasteiger partial charge in [-0.2, -0.15) is 0 Å². The third kappa shape index (κ3) is 4.87. The van der Waals surface area contributed by atoms with Gasteiger partial charge in [-0.15, -0.1) is 11.3 Å². The number of nitrogens with zero attached hydrogens (tertiary/aromatic N) is 3. The number of benzene rings is 7. The lowest BCUT2D eigenvalue weighted by Crippen LogP contribution is -2.00. The Labute approximate surface area is 292 Å². The van der Waals surface area contributed by atoms with Crippen molar-refractivity contribution in [2.75, 3.05) is 0 Å². The zero-order valence-electron chi connectivity index (χ0n) is 26.7. The minimum Gasteiger partial charge on any atom is -0.456 e. The number of hydrogen-bond acceptors (Lipinski definition) is 5. The number of aromatic nitrogens is 3. The van der Waals surface area contributed by atoms with Crippen molar-refractivity contribution in [3.63, 3.8) is 0 Å². The Bertz CT molecular complexity index is 2820. The fraction of sp³-hybridized carbons (Fsp3) is 0. The Balaban J connectivity index is 1.06. The van der Waals surface area contributed by atoms with Gasteiger partial charge in [-0.3, -0.25) is 0 Å². The van der Waals surface area contributed by atoms with Gasteiger partial charge < -0.3 is 4.42 Å². The van der Waals surface area contributed by atoms with Gasteiger partial charge >= 0.3 is 0 Å². The summed E-state index contributed by atoms with van der Waals surface area (Å²) in [7, 11) is 0. The molecule has 0 amide bonds. The summed E-state index contributed by atoms with van der Waals surface area (Å²) in [5.41, 5.74) is 9.31. The van der Waals surface area contributed by atoms with Crippen molar-refractivity contribution in [3.05, 3.63) is 164 Å². The largest absolute Gasteiger partial charge is 0.456 e. The smallest absolute Gasteiger partial charge is 0.164 e. The molecule has 3 heterocycles. The number of thiophene rings is 1. The Hall–Kier alpha value is -6.43. The topological polar surface area (TPSA) is 51.8 Å². The van der Waals surface area contributed by atoms with Gasteiger partial charge in [0, 0.05) is 47.6 Å². The summed E-state index contributed by atoms with van der Waals surface area (Å²) >= 11 is 1.84. The third-order valence-corrected chi connectivity index (χ3v) is 10.5. The first-order valence-electron chi connectivity index (χ1n) is 16.6. The molecule has 10 rings (SSSR count). The molecule has 0 unspecified atom stereocenters. The van der Waals surface area contributed by atoms with E-state index in [0.717, 1.165) is 55.3 Å². The molecule has 0 N–H and O–H groups in total. The summed E-state index contributed by atoms with van der Waals surface area (Å²) < 4.78 is 8.76. The maximum atomic E-state index is 6.24. The molecule has 0 aliphatic rings. The van der Waals surface area contributed by atoms with Crippen LogP contribution in [0.5, 0.6) is 0 Å². The van der Waals surface area contributed by atoms with Crippen LogP contribution in [0.1, 0.15) is 0 Å². The van der Waals surface area contributed by atoms with Crippen LogP contribution in [-0.2, 0) is 0 Å². The Kier molecular flexibility index (Phi) is 6.64. The summed E-state index contributed by atoms with van der Waals surface area (Å²) in [5.74, 6) is 1.96. The first kappa shape index (κ1) is 28.6. The Morgan fingerprint density at radius 2 is 0.920 bits per heavy atom. The van der Waals surface area contributed by atoms with Gasteiger partial charge in [-0.1, -0.05) is 133 Å². The summed E-state index contributed by atoms with van der Waals surface area (Å²) in [6, 6.07) is 56.9. The highest BCUT2D eigenvalue weighted by Gasteiger charge is 2.16. The monoisotopic (exact) mass is 657 g/mol. The van der Waals surface area contributed by atoms with Crippen molar-refractivity contribution in [1.82, 2.24) is 15.0 Å². The van der Waals surface area contributed by atoms with E-state index < -0.39 is 0 Å². The van der Waals surface area contributed by atoms with Gasteiger partial charge in [0.2, 0.25) is 0 Å². The number of rotatable bonds is 5. The molecule has 0 aliphatic carbocycles.